The molecule has 0 spiro atoms. The average Bonchev–Trinajstić information content (AvgIpc) is 3.62. The number of para-hydroxylation sites is 1. The van der Waals surface area contributed by atoms with Gasteiger partial charge in [0.2, 0.25) is 11.8 Å². The number of piperazine rings is 1. The molecule has 0 aliphatic carbocycles. The number of amides is 4. The van der Waals surface area contributed by atoms with Gasteiger partial charge in [0.1, 0.15) is 18.0 Å². The molecule has 13 nitrogen and oxygen atoms in total. The first-order chi connectivity index (χ1) is 23.6. The zero-order chi connectivity index (χ0) is 34.8. The van der Waals surface area contributed by atoms with Crippen LogP contribution in [0.1, 0.15) is 29.5 Å². The molecular formula is C35H43N6O7P. The van der Waals surface area contributed by atoms with E-state index in [-0.39, 0.29) is 50.2 Å². The van der Waals surface area contributed by atoms with Gasteiger partial charge in [-0.1, -0.05) is 66.7 Å². The Morgan fingerprint density at radius 1 is 0.959 bits per heavy atom. The van der Waals surface area contributed by atoms with E-state index < -0.39 is 26.1 Å². The molecule has 14 heteroatoms. The highest BCUT2D eigenvalue weighted by molar-refractivity contribution is 7.46. The van der Waals surface area contributed by atoms with Crippen LogP contribution in [-0.2, 0) is 33.7 Å². The standard InChI is InChI=1S/C35H43N6O7P/c1-2-18-36-23-33(42)41-31(21-26-14-16-29(17-15-26)48-49(45,46)47)34(43)40(24-28-12-6-7-13-30(28)39-19-8-9-20-39)25-32(41)38-35(44)37-22-27-10-4-3-5-11-27/h2-7,10-17,31-32,36H,1,8-9,18-25H2,(H2,37,38,44)(H2,45,46,47)/t31-,32+/m0/s1. The molecule has 2 aliphatic heterocycles. The maximum Gasteiger partial charge on any atom is 0.524 e. The van der Waals surface area contributed by atoms with Crippen molar-refractivity contribution in [3.63, 3.8) is 0 Å². The summed E-state index contributed by atoms with van der Waals surface area (Å²) < 4.78 is 16.0. The number of phosphoric ester groups is 1. The second-order valence-corrected chi connectivity index (χ2v) is 13.2. The molecule has 0 saturated carbocycles. The van der Waals surface area contributed by atoms with E-state index in [0.717, 1.165) is 42.7 Å². The van der Waals surface area contributed by atoms with Gasteiger partial charge in [-0.05, 0) is 47.7 Å². The van der Waals surface area contributed by atoms with Gasteiger partial charge in [-0.3, -0.25) is 19.4 Å². The number of rotatable bonds is 14. The van der Waals surface area contributed by atoms with Crippen LogP contribution in [0.5, 0.6) is 5.75 Å². The van der Waals surface area contributed by atoms with Crippen LogP contribution in [0.3, 0.4) is 0 Å². The number of carbonyl (C=O) groups excluding carboxylic acids is 3. The van der Waals surface area contributed by atoms with Gasteiger partial charge < -0.3 is 35.2 Å². The maximum absolute atomic E-state index is 14.4. The van der Waals surface area contributed by atoms with Gasteiger partial charge in [-0.15, -0.1) is 6.58 Å². The van der Waals surface area contributed by atoms with Crippen molar-refractivity contribution in [2.45, 2.75) is 44.6 Å². The Morgan fingerprint density at radius 3 is 2.35 bits per heavy atom. The van der Waals surface area contributed by atoms with Crippen molar-refractivity contribution in [1.29, 1.82) is 0 Å². The van der Waals surface area contributed by atoms with Crippen molar-refractivity contribution in [3.05, 3.63) is 108 Å². The first-order valence-corrected chi connectivity index (χ1v) is 17.8. The van der Waals surface area contributed by atoms with Crippen molar-refractivity contribution in [1.82, 2.24) is 25.8 Å². The summed E-state index contributed by atoms with van der Waals surface area (Å²) in [5, 5.41) is 8.84. The molecule has 3 aromatic rings. The Balaban J connectivity index is 1.45. The van der Waals surface area contributed by atoms with Gasteiger partial charge in [0.05, 0.1) is 13.1 Å². The van der Waals surface area contributed by atoms with E-state index in [1.165, 1.54) is 17.0 Å². The average molecular weight is 691 g/mol. The quantitative estimate of drug-likeness (QED) is 0.0972. The summed E-state index contributed by atoms with van der Waals surface area (Å²) >= 11 is 0. The minimum absolute atomic E-state index is 0.0385. The van der Waals surface area contributed by atoms with E-state index in [9.17, 15) is 28.7 Å². The highest BCUT2D eigenvalue weighted by Crippen LogP contribution is 2.37. The molecule has 0 unspecified atom stereocenters. The Labute approximate surface area is 286 Å². The first-order valence-electron chi connectivity index (χ1n) is 16.3. The van der Waals surface area contributed by atoms with E-state index in [0.29, 0.717) is 12.1 Å². The number of nitrogens with zero attached hydrogens (tertiary/aromatic N) is 3. The van der Waals surface area contributed by atoms with Crippen LogP contribution in [0.4, 0.5) is 10.5 Å². The SMILES string of the molecule is C=CCNCC(=O)N1[C@@H](NC(=O)NCc2ccccc2)CN(Cc2ccccc2N2CCCC2)C(=O)[C@@H]1Cc1ccc(OP(=O)(O)O)cc1. The van der Waals surface area contributed by atoms with E-state index >= 15 is 0 Å². The van der Waals surface area contributed by atoms with Crippen LogP contribution < -0.4 is 25.4 Å². The van der Waals surface area contributed by atoms with Gasteiger partial charge in [-0.25, -0.2) is 9.36 Å². The molecule has 2 atom stereocenters. The van der Waals surface area contributed by atoms with Crippen molar-refractivity contribution in [2.75, 3.05) is 37.6 Å². The molecule has 4 amide bonds. The van der Waals surface area contributed by atoms with Crippen molar-refractivity contribution in [3.8, 4) is 5.75 Å². The molecule has 0 bridgehead atoms. The number of hydrogen-bond donors (Lipinski definition) is 5. The van der Waals surface area contributed by atoms with Gasteiger partial charge in [0, 0.05) is 44.8 Å². The Hall–Kier alpha value is -4.68. The Morgan fingerprint density at radius 2 is 1.65 bits per heavy atom. The van der Waals surface area contributed by atoms with Crippen molar-refractivity contribution >= 4 is 31.4 Å². The third-order valence-corrected chi connectivity index (χ3v) is 8.93. The zero-order valence-electron chi connectivity index (χ0n) is 27.2. The number of nitrogens with one attached hydrogen (secondary N) is 3. The lowest BCUT2D eigenvalue weighted by Gasteiger charge is -2.46. The Kier molecular flexibility index (Phi) is 12.1. The third-order valence-electron chi connectivity index (χ3n) is 8.48. The molecule has 2 aliphatic rings. The first kappa shape index (κ1) is 35.6. The highest BCUT2D eigenvalue weighted by Gasteiger charge is 2.44. The monoisotopic (exact) mass is 690 g/mol. The summed E-state index contributed by atoms with van der Waals surface area (Å²) in [6.45, 7) is 6.44. The second kappa shape index (κ2) is 16.6. The summed E-state index contributed by atoms with van der Waals surface area (Å²) in [4.78, 5) is 65.5. The van der Waals surface area contributed by atoms with Crippen molar-refractivity contribution in [2.24, 2.45) is 0 Å². The predicted octanol–water partition coefficient (Wildman–Crippen LogP) is 3.14. The van der Waals surface area contributed by atoms with Crippen LogP contribution in [0.15, 0.2) is 91.5 Å². The van der Waals surface area contributed by atoms with Crippen LogP contribution in [0.25, 0.3) is 0 Å². The summed E-state index contributed by atoms with van der Waals surface area (Å²) in [5.74, 6) is -0.706. The minimum Gasteiger partial charge on any atom is -0.404 e. The molecular weight excluding hydrogens is 647 g/mol. The number of urea groups is 1. The number of phosphoric acid groups is 1. The summed E-state index contributed by atoms with van der Waals surface area (Å²) in [6, 6.07) is 21.9. The largest absolute Gasteiger partial charge is 0.524 e. The molecule has 49 heavy (non-hydrogen) atoms. The van der Waals surface area contributed by atoms with Crippen molar-refractivity contribution < 1.29 is 33.3 Å². The van der Waals surface area contributed by atoms with Gasteiger partial charge in [-0.2, -0.15) is 0 Å². The fraction of sp³-hybridized carbons (Fsp3) is 0.343. The van der Waals surface area contributed by atoms with E-state index in [1.54, 1.807) is 23.1 Å². The van der Waals surface area contributed by atoms with E-state index in [4.69, 9.17) is 0 Å². The smallest absolute Gasteiger partial charge is 0.404 e. The molecule has 2 heterocycles. The predicted molar refractivity (Wildman–Crippen MR) is 185 cm³/mol. The number of carbonyl (C=O) groups is 3. The van der Waals surface area contributed by atoms with E-state index in [2.05, 4.69) is 38.0 Å². The number of anilines is 1. The molecule has 5 N–H and O–H groups in total. The molecule has 0 radical (unpaired) electrons. The molecule has 260 valence electrons. The second-order valence-electron chi connectivity index (χ2n) is 12.0. The topological polar surface area (TPSA) is 164 Å². The Bertz CT molecular complexity index is 1650. The molecule has 2 saturated heterocycles. The third kappa shape index (κ3) is 9.93. The van der Waals surface area contributed by atoms with Crippen LogP contribution in [0, 0.1) is 0 Å². The van der Waals surface area contributed by atoms with E-state index in [1.807, 2.05) is 48.5 Å². The molecule has 3 aromatic carbocycles. The lowest BCUT2D eigenvalue weighted by Crippen LogP contribution is -2.69. The molecule has 5 rings (SSSR count). The van der Waals surface area contributed by atoms with Gasteiger partial charge in [0.25, 0.3) is 0 Å². The summed E-state index contributed by atoms with van der Waals surface area (Å²) in [5.41, 5.74) is 3.56. The maximum atomic E-state index is 14.4. The summed E-state index contributed by atoms with van der Waals surface area (Å²) in [6.07, 6.45) is 3.03. The molecule has 2 fully saturated rings. The zero-order valence-corrected chi connectivity index (χ0v) is 28.1. The number of benzene rings is 3. The summed E-state index contributed by atoms with van der Waals surface area (Å²) in [7, 11) is -4.76. The van der Waals surface area contributed by atoms with Crippen LogP contribution in [0.2, 0.25) is 0 Å². The van der Waals surface area contributed by atoms with Gasteiger partial charge in [0.15, 0.2) is 0 Å². The highest BCUT2D eigenvalue weighted by atomic mass is 31.2. The molecule has 0 aromatic heterocycles. The lowest BCUT2D eigenvalue weighted by atomic mass is 9.98. The normalized spacial score (nSPS) is 17.9. The number of hydrogen-bond acceptors (Lipinski definition) is 7. The van der Waals surface area contributed by atoms with Crippen LogP contribution in [-0.4, -0.2) is 82.4 Å². The minimum atomic E-state index is -4.76. The lowest BCUT2D eigenvalue weighted by molar-refractivity contribution is -0.157. The fourth-order valence-electron chi connectivity index (χ4n) is 6.24. The van der Waals surface area contributed by atoms with Gasteiger partial charge >= 0.3 is 13.9 Å². The fourth-order valence-corrected chi connectivity index (χ4v) is 6.64. The van der Waals surface area contributed by atoms with Crippen LogP contribution >= 0.6 is 7.82 Å².